The van der Waals surface area contributed by atoms with E-state index >= 15 is 0 Å². The molecular weight excluding hydrogens is 425 g/mol. The Hall–Kier alpha value is -3.93. The fourth-order valence-electron chi connectivity index (χ4n) is 2.74. The molecule has 4 rings (SSSR count). The fourth-order valence-corrected chi connectivity index (χ4v) is 3.47. The predicted octanol–water partition coefficient (Wildman–Crippen LogP) is 3.05. The Bertz CT molecular complexity index is 1250. The first-order valence-electron chi connectivity index (χ1n) is 8.95. The third-order valence-corrected chi connectivity index (χ3v) is 5.19. The second-order valence-corrected chi connectivity index (χ2v) is 7.33. The Balaban J connectivity index is 1.42. The van der Waals surface area contributed by atoms with E-state index in [0.29, 0.717) is 28.4 Å². The van der Waals surface area contributed by atoms with Crippen molar-refractivity contribution in [2.24, 2.45) is 0 Å². The summed E-state index contributed by atoms with van der Waals surface area (Å²) < 4.78 is 14.7. The number of nitro groups is 1. The van der Waals surface area contributed by atoms with Gasteiger partial charge in [-0.2, -0.15) is 0 Å². The first-order valence-corrected chi connectivity index (χ1v) is 9.94. The number of anilines is 1. The Morgan fingerprint density at radius 2 is 1.87 bits per heavy atom. The van der Waals surface area contributed by atoms with Gasteiger partial charge in [0.2, 0.25) is 5.91 Å². The van der Waals surface area contributed by atoms with E-state index in [-0.39, 0.29) is 23.2 Å². The maximum absolute atomic E-state index is 13.1. The Kier molecular flexibility index (Phi) is 5.80. The molecule has 31 heavy (non-hydrogen) atoms. The molecule has 0 atom stereocenters. The van der Waals surface area contributed by atoms with Gasteiger partial charge < -0.3 is 5.32 Å². The van der Waals surface area contributed by atoms with Crippen LogP contribution in [-0.2, 0) is 11.3 Å². The number of rotatable bonds is 7. The van der Waals surface area contributed by atoms with Gasteiger partial charge in [0.25, 0.3) is 5.69 Å². The van der Waals surface area contributed by atoms with Gasteiger partial charge in [-0.3, -0.25) is 14.9 Å². The number of nitrogens with one attached hydrogen (secondary N) is 1. The van der Waals surface area contributed by atoms with E-state index in [4.69, 9.17) is 0 Å². The summed E-state index contributed by atoms with van der Waals surface area (Å²) in [5, 5.41) is 22.1. The molecule has 1 amide bonds. The predicted molar refractivity (Wildman–Crippen MR) is 111 cm³/mol. The Morgan fingerprint density at radius 1 is 1.13 bits per heavy atom. The maximum atomic E-state index is 13.1. The minimum Gasteiger partial charge on any atom is -0.325 e. The smallest absolute Gasteiger partial charge is 0.269 e. The van der Waals surface area contributed by atoms with Crippen LogP contribution in [0.2, 0.25) is 0 Å². The molecule has 2 heterocycles. The molecule has 0 aliphatic heterocycles. The standard InChI is InChI=1S/C19H14FN7O3S/c20-13-3-1-12(2-4-13)9-26-18-17(24-25-26)19(22-11-21-18)31-10-16(28)23-14-5-7-15(8-6-14)27(29)30/h1-8,11H,9-10H2,(H,23,28). The van der Waals surface area contributed by atoms with Gasteiger partial charge in [-0.1, -0.05) is 29.1 Å². The van der Waals surface area contributed by atoms with E-state index < -0.39 is 4.92 Å². The van der Waals surface area contributed by atoms with Crippen molar-refractivity contribution in [3.63, 3.8) is 0 Å². The SMILES string of the molecule is O=C(CSc1ncnc2c1nnn2Cc1ccc(F)cc1)Nc1ccc([N+](=O)[O-])cc1. The van der Waals surface area contributed by atoms with Gasteiger partial charge >= 0.3 is 0 Å². The summed E-state index contributed by atoms with van der Waals surface area (Å²) in [5.74, 6) is -0.571. The van der Waals surface area contributed by atoms with Crippen LogP contribution in [0.4, 0.5) is 15.8 Å². The molecule has 0 radical (unpaired) electrons. The zero-order valence-corrected chi connectivity index (χ0v) is 16.6. The number of fused-ring (bicyclic) bond motifs is 1. The van der Waals surface area contributed by atoms with Crippen LogP contribution >= 0.6 is 11.8 Å². The number of amides is 1. The van der Waals surface area contributed by atoms with E-state index in [1.165, 1.54) is 54.5 Å². The van der Waals surface area contributed by atoms with Gasteiger partial charge in [0, 0.05) is 17.8 Å². The second-order valence-electron chi connectivity index (χ2n) is 6.37. The highest BCUT2D eigenvalue weighted by Gasteiger charge is 2.14. The van der Waals surface area contributed by atoms with E-state index in [1.54, 1.807) is 16.8 Å². The fraction of sp³-hybridized carbons (Fsp3) is 0.105. The lowest BCUT2D eigenvalue weighted by Gasteiger charge is -2.05. The van der Waals surface area contributed by atoms with Crippen molar-refractivity contribution in [3.8, 4) is 0 Å². The lowest BCUT2D eigenvalue weighted by atomic mass is 10.2. The van der Waals surface area contributed by atoms with E-state index in [0.717, 1.165) is 5.56 Å². The molecule has 0 spiro atoms. The average Bonchev–Trinajstić information content (AvgIpc) is 3.17. The van der Waals surface area contributed by atoms with Gasteiger partial charge in [-0.05, 0) is 29.8 Å². The molecule has 12 heteroatoms. The number of aromatic nitrogens is 5. The van der Waals surface area contributed by atoms with Crippen molar-refractivity contribution < 1.29 is 14.1 Å². The lowest BCUT2D eigenvalue weighted by Crippen LogP contribution is -2.14. The number of halogens is 1. The summed E-state index contributed by atoms with van der Waals surface area (Å²) in [6.07, 6.45) is 1.36. The molecule has 2 aromatic carbocycles. The van der Waals surface area contributed by atoms with Crippen LogP contribution in [0.3, 0.4) is 0 Å². The molecule has 10 nitrogen and oxygen atoms in total. The Morgan fingerprint density at radius 3 is 2.58 bits per heavy atom. The summed E-state index contributed by atoms with van der Waals surface area (Å²) in [5.41, 5.74) is 2.19. The van der Waals surface area contributed by atoms with Gasteiger partial charge in [-0.15, -0.1) is 5.10 Å². The van der Waals surface area contributed by atoms with Crippen LogP contribution in [0, 0.1) is 15.9 Å². The number of nitrogens with zero attached hydrogens (tertiary/aromatic N) is 6. The molecule has 2 aromatic heterocycles. The monoisotopic (exact) mass is 439 g/mol. The second kappa shape index (κ2) is 8.83. The highest BCUT2D eigenvalue weighted by Crippen LogP contribution is 2.23. The van der Waals surface area contributed by atoms with E-state index in [9.17, 15) is 19.3 Å². The third-order valence-electron chi connectivity index (χ3n) is 4.21. The molecule has 0 unspecified atom stereocenters. The van der Waals surface area contributed by atoms with Crippen LogP contribution in [0.15, 0.2) is 59.9 Å². The number of carbonyl (C=O) groups is 1. The van der Waals surface area contributed by atoms with Gasteiger partial charge in [0.05, 0.1) is 17.2 Å². The number of hydrogen-bond acceptors (Lipinski definition) is 8. The van der Waals surface area contributed by atoms with Gasteiger partial charge in [0.1, 0.15) is 17.2 Å². The van der Waals surface area contributed by atoms with Crippen LogP contribution in [0.5, 0.6) is 0 Å². The maximum Gasteiger partial charge on any atom is 0.269 e. The molecular formula is C19H14FN7O3S. The number of thioether (sulfide) groups is 1. The van der Waals surface area contributed by atoms with Crippen LogP contribution in [0.1, 0.15) is 5.56 Å². The quantitative estimate of drug-likeness (QED) is 0.201. The summed E-state index contributed by atoms with van der Waals surface area (Å²) in [6, 6.07) is 11.6. The molecule has 0 fully saturated rings. The number of nitro benzene ring substituents is 1. The molecule has 1 N–H and O–H groups in total. The van der Waals surface area contributed by atoms with Crippen molar-refractivity contribution in [2.75, 3.05) is 11.1 Å². The molecule has 156 valence electrons. The minimum absolute atomic E-state index is 0.0495. The zero-order valence-electron chi connectivity index (χ0n) is 15.8. The van der Waals surface area contributed by atoms with E-state index in [1.807, 2.05) is 0 Å². The van der Waals surface area contributed by atoms with E-state index in [2.05, 4.69) is 25.6 Å². The number of non-ortho nitro benzene ring substituents is 1. The molecule has 0 bridgehead atoms. The number of carbonyl (C=O) groups excluding carboxylic acids is 1. The highest BCUT2D eigenvalue weighted by atomic mass is 32.2. The van der Waals surface area contributed by atoms with Crippen LogP contribution < -0.4 is 5.32 Å². The lowest BCUT2D eigenvalue weighted by molar-refractivity contribution is -0.384. The molecule has 4 aromatic rings. The Labute approximate surface area is 178 Å². The van der Waals surface area contributed by atoms with Gasteiger partial charge in [-0.25, -0.2) is 19.0 Å². The summed E-state index contributed by atoms with van der Waals surface area (Å²) in [6.45, 7) is 0.360. The normalized spacial score (nSPS) is 10.9. The summed E-state index contributed by atoms with van der Waals surface area (Å²) in [4.78, 5) is 30.8. The average molecular weight is 439 g/mol. The minimum atomic E-state index is -0.509. The first-order chi connectivity index (χ1) is 15.0. The van der Waals surface area contributed by atoms with Crippen molar-refractivity contribution in [1.29, 1.82) is 0 Å². The van der Waals surface area contributed by atoms with Crippen molar-refractivity contribution in [3.05, 3.63) is 76.4 Å². The highest BCUT2D eigenvalue weighted by molar-refractivity contribution is 8.00. The molecule has 0 aliphatic rings. The van der Waals surface area contributed by atoms with Gasteiger partial charge in [0.15, 0.2) is 11.2 Å². The number of hydrogen-bond donors (Lipinski definition) is 1. The van der Waals surface area contributed by atoms with Crippen LogP contribution in [0.25, 0.3) is 11.2 Å². The molecule has 0 saturated heterocycles. The molecule has 0 saturated carbocycles. The summed E-state index contributed by atoms with van der Waals surface area (Å²) in [7, 11) is 0. The largest absolute Gasteiger partial charge is 0.325 e. The van der Waals surface area contributed by atoms with Crippen molar-refractivity contribution >= 4 is 40.2 Å². The summed E-state index contributed by atoms with van der Waals surface area (Å²) >= 11 is 1.17. The zero-order chi connectivity index (χ0) is 21.8. The topological polar surface area (TPSA) is 129 Å². The number of benzene rings is 2. The van der Waals surface area contributed by atoms with Crippen molar-refractivity contribution in [2.45, 2.75) is 11.6 Å². The third kappa shape index (κ3) is 4.80. The molecule has 0 aliphatic carbocycles. The van der Waals surface area contributed by atoms with Crippen molar-refractivity contribution in [1.82, 2.24) is 25.0 Å². The van der Waals surface area contributed by atoms with Crippen LogP contribution in [-0.4, -0.2) is 41.5 Å². The first kappa shape index (κ1) is 20.3.